The molecule has 4 heteroatoms. The van der Waals surface area contributed by atoms with Crippen molar-refractivity contribution >= 4 is 0 Å². The first-order valence-electron chi connectivity index (χ1n) is 7.01. The van der Waals surface area contributed by atoms with Gasteiger partial charge in [-0.15, -0.1) is 0 Å². The Balaban J connectivity index is 1.77. The Bertz CT molecular complexity index is 213. The van der Waals surface area contributed by atoms with Gasteiger partial charge in [-0.05, 0) is 12.3 Å². The van der Waals surface area contributed by atoms with E-state index in [0.29, 0.717) is 12.1 Å². The van der Waals surface area contributed by atoms with Gasteiger partial charge in [0.2, 0.25) is 0 Å². The molecule has 0 amide bonds. The van der Waals surface area contributed by atoms with Crippen LogP contribution >= 0.6 is 0 Å². The molecule has 2 N–H and O–H groups in total. The molecule has 2 saturated heterocycles. The Kier molecular flexibility index (Phi) is 5.22. The molecule has 0 aromatic heterocycles. The summed E-state index contributed by atoms with van der Waals surface area (Å²) in [5.41, 5.74) is 0. The van der Waals surface area contributed by atoms with Crippen LogP contribution in [0.25, 0.3) is 0 Å². The monoisotopic (exact) mass is 241 g/mol. The van der Waals surface area contributed by atoms with Crippen molar-refractivity contribution in [1.29, 1.82) is 0 Å². The molecule has 0 spiro atoms. The van der Waals surface area contributed by atoms with Gasteiger partial charge < -0.3 is 15.4 Å². The van der Waals surface area contributed by atoms with Gasteiger partial charge in [0.15, 0.2) is 0 Å². The van der Waals surface area contributed by atoms with Gasteiger partial charge in [0, 0.05) is 44.8 Å². The summed E-state index contributed by atoms with van der Waals surface area (Å²) >= 11 is 0. The third-order valence-electron chi connectivity index (χ3n) is 3.73. The van der Waals surface area contributed by atoms with E-state index in [4.69, 9.17) is 4.74 Å². The fourth-order valence-electron chi connectivity index (χ4n) is 2.58. The molecular weight excluding hydrogens is 214 g/mol. The summed E-state index contributed by atoms with van der Waals surface area (Å²) in [5.74, 6) is 0.768. The molecule has 1 atom stereocenters. The summed E-state index contributed by atoms with van der Waals surface area (Å²) in [6.45, 7) is 12.0. The van der Waals surface area contributed by atoms with Crippen LogP contribution in [0.15, 0.2) is 0 Å². The van der Waals surface area contributed by atoms with E-state index >= 15 is 0 Å². The highest BCUT2D eigenvalue weighted by atomic mass is 16.5. The van der Waals surface area contributed by atoms with E-state index in [1.165, 1.54) is 6.42 Å². The lowest BCUT2D eigenvalue weighted by Crippen LogP contribution is -2.58. The Labute approximate surface area is 105 Å². The van der Waals surface area contributed by atoms with E-state index in [-0.39, 0.29) is 0 Å². The molecule has 17 heavy (non-hydrogen) atoms. The number of ether oxygens (including phenoxy) is 1. The van der Waals surface area contributed by atoms with Crippen molar-refractivity contribution in [3.63, 3.8) is 0 Å². The van der Waals surface area contributed by atoms with E-state index in [2.05, 4.69) is 29.4 Å². The summed E-state index contributed by atoms with van der Waals surface area (Å²) in [5, 5.41) is 6.99. The van der Waals surface area contributed by atoms with Crippen molar-refractivity contribution in [2.75, 3.05) is 45.9 Å². The Morgan fingerprint density at radius 2 is 2.00 bits per heavy atom. The first-order valence-corrected chi connectivity index (χ1v) is 7.01. The first-order chi connectivity index (χ1) is 8.25. The third-order valence-corrected chi connectivity index (χ3v) is 3.73. The SMILES string of the molecule is CC(C)CC(CNC1CNC1)N1CCOCC1. The van der Waals surface area contributed by atoms with Crippen LogP contribution in [0, 0.1) is 5.92 Å². The molecule has 100 valence electrons. The van der Waals surface area contributed by atoms with Crippen LogP contribution in [0.4, 0.5) is 0 Å². The normalized spacial score (nSPS) is 24.9. The molecule has 0 aromatic carbocycles. The summed E-state index contributed by atoms with van der Waals surface area (Å²) in [4.78, 5) is 2.60. The molecule has 2 heterocycles. The fraction of sp³-hybridized carbons (Fsp3) is 1.00. The van der Waals surface area contributed by atoms with Crippen LogP contribution in [0.5, 0.6) is 0 Å². The largest absolute Gasteiger partial charge is 0.379 e. The van der Waals surface area contributed by atoms with Crippen LogP contribution in [-0.2, 0) is 4.74 Å². The zero-order valence-corrected chi connectivity index (χ0v) is 11.2. The summed E-state index contributed by atoms with van der Waals surface area (Å²) < 4.78 is 5.44. The number of nitrogens with one attached hydrogen (secondary N) is 2. The van der Waals surface area contributed by atoms with Gasteiger partial charge in [0.25, 0.3) is 0 Å². The molecule has 4 nitrogen and oxygen atoms in total. The van der Waals surface area contributed by atoms with E-state index in [1.54, 1.807) is 0 Å². The Hall–Kier alpha value is -0.160. The standard InChI is InChI=1S/C13H27N3O/c1-11(2)7-13(10-15-12-8-14-9-12)16-3-5-17-6-4-16/h11-15H,3-10H2,1-2H3. The van der Waals surface area contributed by atoms with Crippen molar-refractivity contribution in [2.45, 2.75) is 32.4 Å². The third kappa shape index (κ3) is 4.21. The maximum atomic E-state index is 5.44. The number of nitrogens with zero attached hydrogens (tertiary/aromatic N) is 1. The molecule has 0 bridgehead atoms. The lowest BCUT2D eigenvalue weighted by Gasteiger charge is -2.37. The van der Waals surface area contributed by atoms with Crippen molar-refractivity contribution in [1.82, 2.24) is 15.5 Å². The van der Waals surface area contributed by atoms with Gasteiger partial charge >= 0.3 is 0 Å². The molecule has 0 aliphatic carbocycles. The fourth-order valence-corrected chi connectivity index (χ4v) is 2.58. The molecule has 1 unspecified atom stereocenters. The minimum Gasteiger partial charge on any atom is -0.379 e. The second-order valence-corrected chi connectivity index (χ2v) is 5.70. The van der Waals surface area contributed by atoms with Crippen LogP contribution in [0.1, 0.15) is 20.3 Å². The van der Waals surface area contributed by atoms with Gasteiger partial charge in [-0.1, -0.05) is 13.8 Å². The van der Waals surface area contributed by atoms with E-state index < -0.39 is 0 Å². The lowest BCUT2D eigenvalue weighted by molar-refractivity contribution is 0.0114. The van der Waals surface area contributed by atoms with Gasteiger partial charge in [-0.3, -0.25) is 4.90 Å². The summed E-state index contributed by atoms with van der Waals surface area (Å²) in [6.07, 6.45) is 1.28. The quantitative estimate of drug-likeness (QED) is 0.701. The molecule has 2 rings (SSSR count). The second-order valence-electron chi connectivity index (χ2n) is 5.70. The summed E-state index contributed by atoms with van der Waals surface area (Å²) in [6, 6.07) is 1.38. The number of rotatable bonds is 6. The van der Waals surface area contributed by atoms with Gasteiger partial charge in [-0.2, -0.15) is 0 Å². The van der Waals surface area contributed by atoms with E-state index in [0.717, 1.165) is 51.9 Å². The van der Waals surface area contributed by atoms with Crippen LogP contribution in [0.2, 0.25) is 0 Å². The molecular formula is C13H27N3O. The molecule has 0 radical (unpaired) electrons. The predicted octanol–water partition coefficient (Wildman–Crippen LogP) is 0.295. The molecule has 0 aromatic rings. The van der Waals surface area contributed by atoms with E-state index in [9.17, 15) is 0 Å². The highest BCUT2D eigenvalue weighted by Gasteiger charge is 2.24. The molecule has 0 saturated carbocycles. The van der Waals surface area contributed by atoms with Crippen molar-refractivity contribution in [2.24, 2.45) is 5.92 Å². The maximum absolute atomic E-state index is 5.44. The Morgan fingerprint density at radius 1 is 1.29 bits per heavy atom. The summed E-state index contributed by atoms with van der Waals surface area (Å²) in [7, 11) is 0. The second kappa shape index (κ2) is 6.69. The smallest absolute Gasteiger partial charge is 0.0594 e. The topological polar surface area (TPSA) is 36.5 Å². The van der Waals surface area contributed by atoms with Gasteiger partial charge in [0.05, 0.1) is 13.2 Å². The van der Waals surface area contributed by atoms with Gasteiger partial charge in [0.1, 0.15) is 0 Å². The highest BCUT2D eigenvalue weighted by molar-refractivity contribution is 4.85. The average Bonchev–Trinajstić information content (AvgIpc) is 2.26. The van der Waals surface area contributed by atoms with Crippen molar-refractivity contribution in [3.05, 3.63) is 0 Å². The maximum Gasteiger partial charge on any atom is 0.0594 e. The van der Waals surface area contributed by atoms with Crippen molar-refractivity contribution < 1.29 is 4.74 Å². The zero-order valence-electron chi connectivity index (χ0n) is 11.2. The van der Waals surface area contributed by atoms with Crippen LogP contribution in [-0.4, -0.2) is 62.9 Å². The van der Waals surface area contributed by atoms with Crippen LogP contribution < -0.4 is 10.6 Å². The zero-order chi connectivity index (χ0) is 12.1. The molecule has 2 aliphatic heterocycles. The molecule has 2 fully saturated rings. The number of hydrogen-bond acceptors (Lipinski definition) is 4. The van der Waals surface area contributed by atoms with E-state index in [1.807, 2.05) is 0 Å². The number of hydrogen-bond donors (Lipinski definition) is 2. The lowest BCUT2D eigenvalue weighted by atomic mass is 10.0. The molecule has 2 aliphatic rings. The Morgan fingerprint density at radius 3 is 2.53 bits per heavy atom. The minimum absolute atomic E-state index is 0.680. The minimum atomic E-state index is 0.680. The van der Waals surface area contributed by atoms with Gasteiger partial charge in [-0.25, -0.2) is 0 Å². The highest BCUT2D eigenvalue weighted by Crippen LogP contribution is 2.13. The number of morpholine rings is 1. The predicted molar refractivity (Wildman–Crippen MR) is 70.3 cm³/mol. The van der Waals surface area contributed by atoms with Crippen molar-refractivity contribution in [3.8, 4) is 0 Å². The average molecular weight is 241 g/mol. The first kappa shape index (κ1) is 13.3. The van der Waals surface area contributed by atoms with Crippen LogP contribution in [0.3, 0.4) is 0 Å².